The van der Waals surface area contributed by atoms with Gasteiger partial charge < -0.3 is 10.1 Å². The Morgan fingerprint density at radius 3 is 2.26 bits per heavy atom. The molecule has 2 rings (SSSR count). The molecule has 0 aliphatic heterocycles. The van der Waals surface area contributed by atoms with Crippen LogP contribution in [0.25, 0.3) is 0 Å². The Bertz CT molecular complexity index is 680. The molecule has 6 nitrogen and oxygen atoms in total. The van der Waals surface area contributed by atoms with E-state index in [1.54, 1.807) is 24.3 Å². The third-order valence-corrected chi connectivity index (χ3v) is 5.90. The molecule has 1 aliphatic rings. The smallest absolute Gasteiger partial charge is 0.240 e. The van der Waals surface area contributed by atoms with E-state index >= 15 is 0 Å². The molecule has 7 heteroatoms. The third kappa shape index (κ3) is 7.40. The van der Waals surface area contributed by atoms with Gasteiger partial charge in [-0.15, -0.1) is 0 Å². The van der Waals surface area contributed by atoms with Crippen LogP contribution in [0.4, 0.5) is 5.69 Å². The van der Waals surface area contributed by atoms with E-state index in [2.05, 4.69) is 5.32 Å². The minimum Gasteiger partial charge on any atom is -0.494 e. The number of carbonyl (C=O) groups is 1. The molecule has 1 aromatic rings. The summed E-state index contributed by atoms with van der Waals surface area (Å²) in [5, 5.41) is 3.03. The predicted molar refractivity (Wildman–Crippen MR) is 109 cm³/mol. The first-order valence-corrected chi connectivity index (χ1v) is 11.7. The number of benzene rings is 1. The lowest BCUT2D eigenvalue weighted by Crippen LogP contribution is -2.44. The van der Waals surface area contributed by atoms with Crippen molar-refractivity contribution in [3.63, 3.8) is 0 Å². The van der Waals surface area contributed by atoms with Crippen LogP contribution in [-0.4, -0.2) is 39.8 Å². The molecular formula is C20H32N2O4S. The van der Waals surface area contributed by atoms with Gasteiger partial charge in [-0.25, -0.2) is 8.42 Å². The first-order valence-electron chi connectivity index (χ1n) is 9.90. The number of nitrogens with zero attached hydrogens (tertiary/aromatic N) is 1. The Hall–Kier alpha value is -1.76. The molecule has 0 unspecified atom stereocenters. The zero-order valence-corrected chi connectivity index (χ0v) is 17.3. The Balaban J connectivity index is 2.02. The van der Waals surface area contributed by atoms with Crippen LogP contribution in [0.3, 0.4) is 0 Å². The van der Waals surface area contributed by atoms with Gasteiger partial charge in [0.2, 0.25) is 15.9 Å². The second kappa shape index (κ2) is 10.5. The van der Waals surface area contributed by atoms with Crippen LogP contribution >= 0.6 is 0 Å². The number of amides is 1. The lowest BCUT2D eigenvalue weighted by atomic mass is 9.97. The zero-order valence-electron chi connectivity index (χ0n) is 16.4. The van der Waals surface area contributed by atoms with Gasteiger partial charge in [-0.1, -0.05) is 39.0 Å². The molecule has 1 fully saturated rings. The molecule has 0 atom stereocenters. The van der Waals surface area contributed by atoms with Crippen molar-refractivity contribution in [3.05, 3.63) is 24.3 Å². The highest BCUT2D eigenvalue weighted by molar-refractivity contribution is 7.92. The first kappa shape index (κ1) is 21.5. The van der Waals surface area contributed by atoms with E-state index in [4.69, 9.17) is 4.74 Å². The predicted octanol–water partition coefficient (Wildman–Crippen LogP) is 3.47. The summed E-state index contributed by atoms with van der Waals surface area (Å²) in [6.07, 6.45) is 9.85. The number of hydrogen-bond donors (Lipinski definition) is 1. The summed E-state index contributed by atoms with van der Waals surface area (Å²) in [6, 6.07) is 6.96. The molecule has 0 heterocycles. The standard InChI is InChI=1S/C20H32N2O4S/c1-3-15-26-19-13-11-18(12-14-19)22(27(2,24)25)16-20(23)21-17-9-7-5-4-6-8-10-17/h11-14,17H,3-10,15-16H2,1-2H3,(H,21,23). The number of sulfonamides is 1. The number of anilines is 1. The summed E-state index contributed by atoms with van der Waals surface area (Å²) in [7, 11) is -3.56. The van der Waals surface area contributed by atoms with Gasteiger partial charge in [0.15, 0.2) is 0 Å². The van der Waals surface area contributed by atoms with Gasteiger partial charge in [0, 0.05) is 6.04 Å². The van der Waals surface area contributed by atoms with Gasteiger partial charge >= 0.3 is 0 Å². The highest BCUT2D eigenvalue weighted by Gasteiger charge is 2.22. The van der Waals surface area contributed by atoms with E-state index < -0.39 is 10.0 Å². The maximum atomic E-state index is 12.5. The van der Waals surface area contributed by atoms with Crippen LogP contribution in [0.2, 0.25) is 0 Å². The quantitative estimate of drug-likeness (QED) is 0.730. The molecule has 0 bridgehead atoms. The van der Waals surface area contributed by atoms with Crippen LogP contribution in [0.5, 0.6) is 5.75 Å². The summed E-state index contributed by atoms with van der Waals surface area (Å²) in [5.41, 5.74) is 0.467. The SMILES string of the molecule is CCCOc1ccc(N(CC(=O)NC2CCCCCCC2)S(C)(=O)=O)cc1. The maximum absolute atomic E-state index is 12.5. The molecule has 1 saturated carbocycles. The van der Waals surface area contributed by atoms with Crippen molar-refractivity contribution >= 4 is 21.6 Å². The summed E-state index contributed by atoms with van der Waals surface area (Å²) in [6.45, 7) is 2.43. The Labute approximate surface area is 163 Å². The second-order valence-corrected chi connectivity index (χ2v) is 9.13. The Morgan fingerprint density at radius 2 is 1.70 bits per heavy atom. The molecule has 1 aliphatic carbocycles. The van der Waals surface area contributed by atoms with Gasteiger partial charge in [-0.2, -0.15) is 0 Å². The third-order valence-electron chi connectivity index (χ3n) is 4.76. The van der Waals surface area contributed by atoms with Crippen molar-refractivity contribution in [3.8, 4) is 5.75 Å². The molecule has 0 saturated heterocycles. The minimum absolute atomic E-state index is 0.143. The van der Waals surface area contributed by atoms with Crippen molar-refractivity contribution in [2.24, 2.45) is 0 Å². The molecule has 0 radical (unpaired) electrons. The fourth-order valence-corrected chi connectivity index (χ4v) is 4.19. The lowest BCUT2D eigenvalue weighted by molar-refractivity contribution is -0.120. The number of ether oxygens (including phenoxy) is 1. The molecule has 1 aromatic carbocycles. The normalized spacial score (nSPS) is 16.2. The summed E-state index contributed by atoms with van der Waals surface area (Å²) in [5.74, 6) is 0.435. The molecule has 1 amide bonds. The van der Waals surface area contributed by atoms with E-state index in [-0.39, 0.29) is 18.5 Å². The van der Waals surface area contributed by atoms with Crippen LogP contribution in [0, 0.1) is 0 Å². The number of nitrogens with one attached hydrogen (secondary N) is 1. The van der Waals surface area contributed by atoms with Crippen molar-refractivity contribution in [2.75, 3.05) is 23.7 Å². The van der Waals surface area contributed by atoms with Gasteiger partial charge in [0.05, 0.1) is 18.6 Å². The van der Waals surface area contributed by atoms with Gasteiger partial charge in [-0.05, 0) is 43.5 Å². The highest BCUT2D eigenvalue weighted by Crippen LogP contribution is 2.22. The van der Waals surface area contributed by atoms with Crippen LogP contribution < -0.4 is 14.4 Å². The molecule has 152 valence electrons. The number of hydrogen-bond acceptors (Lipinski definition) is 4. The fraction of sp³-hybridized carbons (Fsp3) is 0.650. The minimum atomic E-state index is -3.56. The molecule has 0 spiro atoms. The number of rotatable bonds is 8. The van der Waals surface area contributed by atoms with Crippen molar-refractivity contribution < 1.29 is 17.9 Å². The molecule has 27 heavy (non-hydrogen) atoms. The van der Waals surface area contributed by atoms with Crippen molar-refractivity contribution in [1.82, 2.24) is 5.32 Å². The van der Waals surface area contributed by atoms with E-state index in [1.165, 1.54) is 19.3 Å². The zero-order chi connectivity index (χ0) is 19.7. The number of carbonyl (C=O) groups excluding carboxylic acids is 1. The van der Waals surface area contributed by atoms with Gasteiger partial charge in [0.25, 0.3) is 0 Å². The average Bonchev–Trinajstić information content (AvgIpc) is 2.60. The molecule has 1 N–H and O–H groups in total. The Kier molecular flexibility index (Phi) is 8.41. The first-order chi connectivity index (χ1) is 12.9. The van der Waals surface area contributed by atoms with Gasteiger partial charge in [0.1, 0.15) is 12.3 Å². The van der Waals surface area contributed by atoms with Crippen molar-refractivity contribution in [2.45, 2.75) is 64.3 Å². The largest absolute Gasteiger partial charge is 0.494 e. The highest BCUT2D eigenvalue weighted by atomic mass is 32.2. The summed E-state index contributed by atoms with van der Waals surface area (Å²) < 4.78 is 31.1. The van der Waals surface area contributed by atoms with E-state index in [1.807, 2.05) is 6.92 Å². The van der Waals surface area contributed by atoms with Crippen LogP contribution in [-0.2, 0) is 14.8 Å². The summed E-state index contributed by atoms with van der Waals surface area (Å²) >= 11 is 0. The maximum Gasteiger partial charge on any atom is 0.240 e. The lowest BCUT2D eigenvalue weighted by Gasteiger charge is -2.25. The fourth-order valence-electron chi connectivity index (χ4n) is 3.33. The van der Waals surface area contributed by atoms with Crippen LogP contribution in [0.1, 0.15) is 58.3 Å². The monoisotopic (exact) mass is 396 g/mol. The second-order valence-electron chi connectivity index (χ2n) is 7.22. The summed E-state index contributed by atoms with van der Waals surface area (Å²) in [4.78, 5) is 12.5. The van der Waals surface area contributed by atoms with Gasteiger partial charge in [-0.3, -0.25) is 9.10 Å². The van der Waals surface area contributed by atoms with E-state index in [0.717, 1.165) is 42.7 Å². The van der Waals surface area contributed by atoms with E-state index in [9.17, 15) is 13.2 Å². The van der Waals surface area contributed by atoms with Crippen molar-refractivity contribution in [1.29, 1.82) is 0 Å². The van der Waals surface area contributed by atoms with Crippen LogP contribution in [0.15, 0.2) is 24.3 Å². The average molecular weight is 397 g/mol. The molecule has 0 aromatic heterocycles. The van der Waals surface area contributed by atoms with E-state index in [0.29, 0.717) is 18.0 Å². The topological polar surface area (TPSA) is 75.7 Å². The Morgan fingerprint density at radius 1 is 1.11 bits per heavy atom. The molecular weight excluding hydrogens is 364 g/mol.